The van der Waals surface area contributed by atoms with Crippen LogP contribution >= 0.6 is 11.3 Å². The molecule has 0 aromatic carbocycles. The van der Waals surface area contributed by atoms with Gasteiger partial charge >= 0.3 is 0 Å². The third-order valence-corrected chi connectivity index (χ3v) is 4.87. The monoisotopic (exact) mass is 267 g/mol. The highest BCUT2D eigenvalue weighted by Gasteiger charge is 2.23. The van der Waals surface area contributed by atoms with Crippen LogP contribution in [0, 0.1) is 0 Å². The summed E-state index contributed by atoms with van der Waals surface area (Å²) in [5, 5.41) is 3.57. The van der Waals surface area contributed by atoms with Gasteiger partial charge in [0.1, 0.15) is 0 Å². The minimum Gasteiger partial charge on any atom is -0.330 e. The molecule has 1 aromatic heterocycles. The van der Waals surface area contributed by atoms with Crippen LogP contribution in [0.15, 0.2) is 5.38 Å². The average molecular weight is 267 g/mol. The Bertz CT molecular complexity index is 354. The molecule has 0 unspecified atom stereocenters. The van der Waals surface area contributed by atoms with Crippen LogP contribution in [-0.4, -0.2) is 35.6 Å². The molecule has 2 N–H and O–H groups in total. The molecule has 0 atom stereocenters. The smallest absolute Gasteiger partial charge is 0.0960 e. The summed E-state index contributed by atoms with van der Waals surface area (Å²) in [6.07, 6.45) is 4.62. The van der Waals surface area contributed by atoms with Gasteiger partial charge in [-0.15, -0.1) is 11.3 Å². The zero-order valence-electron chi connectivity index (χ0n) is 11.6. The Kier molecular flexibility index (Phi) is 5.15. The first-order chi connectivity index (χ1) is 8.70. The second-order valence-electron chi connectivity index (χ2n) is 5.47. The second kappa shape index (κ2) is 6.64. The molecule has 1 aliphatic rings. The molecule has 4 heteroatoms. The zero-order chi connectivity index (χ0) is 13.0. The Morgan fingerprint density at radius 2 is 2.17 bits per heavy atom. The minimum atomic E-state index is 0.683. The van der Waals surface area contributed by atoms with E-state index in [1.54, 1.807) is 0 Å². The molecule has 0 amide bonds. The number of aryl methyl sites for hydroxylation is 1. The summed E-state index contributed by atoms with van der Waals surface area (Å²) < 4.78 is 0. The highest BCUT2D eigenvalue weighted by atomic mass is 32.1. The predicted octanol–water partition coefficient (Wildman–Crippen LogP) is 2.62. The Morgan fingerprint density at radius 1 is 1.44 bits per heavy atom. The Labute approximate surface area is 114 Å². The van der Waals surface area contributed by atoms with Gasteiger partial charge in [0.2, 0.25) is 0 Å². The molecule has 1 fully saturated rings. The molecule has 1 aromatic rings. The number of likely N-dealkylation sites (tertiary alicyclic amines) is 1. The molecule has 0 aliphatic carbocycles. The molecular weight excluding hydrogens is 242 g/mol. The van der Waals surface area contributed by atoms with Gasteiger partial charge in [0.25, 0.3) is 0 Å². The van der Waals surface area contributed by atoms with E-state index in [-0.39, 0.29) is 0 Å². The molecule has 3 nitrogen and oxygen atoms in total. The maximum atomic E-state index is 5.54. The third kappa shape index (κ3) is 3.53. The fourth-order valence-electron chi connectivity index (χ4n) is 2.57. The van der Waals surface area contributed by atoms with Crippen molar-refractivity contribution in [3.05, 3.63) is 16.1 Å². The molecule has 18 heavy (non-hydrogen) atoms. The van der Waals surface area contributed by atoms with Gasteiger partial charge in [0, 0.05) is 17.3 Å². The van der Waals surface area contributed by atoms with Crippen molar-refractivity contribution in [2.45, 2.75) is 51.5 Å². The first-order valence-corrected chi connectivity index (χ1v) is 7.97. The summed E-state index contributed by atoms with van der Waals surface area (Å²) in [7, 11) is 0. The standard InChI is InChI=1S/C14H25N3S/c1-11(2)17-8-5-12(6-9-17)14-16-13(10-18-14)4-3-7-15/h10-12H,3-9,15H2,1-2H3. The summed E-state index contributed by atoms with van der Waals surface area (Å²) in [6.45, 7) is 7.78. The van der Waals surface area contributed by atoms with Crippen molar-refractivity contribution in [1.82, 2.24) is 9.88 Å². The van der Waals surface area contributed by atoms with Crippen LogP contribution in [0.2, 0.25) is 0 Å². The van der Waals surface area contributed by atoms with Crippen molar-refractivity contribution >= 4 is 11.3 Å². The van der Waals surface area contributed by atoms with Crippen LogP contribution in [-0.2, 0) is 6.42 Å². The van der Waals surface area contributed by atoms with Crippen LogP contribution in [0.4, 0.5) is 0 Å². The van der Waals surface area contributed by atoms with Gasteiger partial charge < -0.3 is 10.6 Å². The molecule has 0 spiro atoms. The Hall–Kier alpha value is -0.450. The number of piperidine rings is 1. The van der Waals surface area contributed by atoms with Crippen molar-refractivity contribution in [3.8, 4) is 0 Å². The topological polar surface area (TPSA) is 42.2 Å². The Morgan fingerprint density at radius 3 is 2.78 bits per heavy atom. The zero-order valence-corrected chi connectivity index (χ0v) is 12.4. The fraction of sp³-hybridized carbons (Fsp3) is 0.786. The van der Waals surface area contributed by atoms with Crippen molar-refractivity contribution in [2.75, 3.05) is 19.6 Å². The SMILES string of the molecule is CC(C)N1CCC(c2nc(CCCN)cs2)CC1. The van der Waals surface area contributed by atoms with Gasteiger partial charge in [-0.2, -0.15) is 0 Å². The van der Waals surface area contributed by atoms with E-state index in [9.17, 15) is 0 Å². The molecule has 1 aliphatic heterocycles. The van der Waals surface area contributed by atoms with Gasteiger partial charge in [-0.1, -0.05) is 0 Å². The first kappa shape index (κ1) is 14.0. The summed E-state index contributed by atoms with van der Waals surface area (Å²) >= 11 is 1.85. The Balaban J connectivity index is 1.87. The summed E-state index contributed by atoms with van der Waals surface area (Å²) in [4.78, 5) is 7.35. The van der Waals surface area contributed by atoms with Crippen LogP contribution in [0.5, 0.6) is 0 Å². The van der Waals surface area contributed by atoms with E-state index in [4.69, 9.17) is 10.7 Å². The van der Waals surface area contributed by atoms with E-state index in [2.05, 4.69) is 24.1 Å². The average Bonchev–Trinajstić information content (AvgIpc) is 2.85. The van der Waals surface area contributed by atoms with E-state index in [1.807, 2.05) is 11.3 Å². The lowest BCUT2D eigenvalue weighted by molar-refractivity contribution is 0.172. The van der Waals surface area contributed by atoms with Crippen LogP contribution in [0.3, 0.4) is 0 Å². The number of nitrogens with two attached hydrogens (primary N) is 1. The van der Waals surface area contributed by atoms with Crippen molar-refractivity contribution in [1.29, 1.82) is 0 Å². The molecule has 1 saturated heterocycles. The second-order valence-corrected chi connectivity index (χ2v) is 6.36. The maximum absolute atomic E-state index is 5.54. The largest absolute Gasteiger partial charge is 0.330 e. The van der Waals surface area contributed by atoms with Crippen LogP contribution in [0.1, 0.15) is 49.7 Å². The molecule has 102 valence electrons. The van der Waals surface area contributed by atoms with Gasteiger partial charge in [-0.05, 0) is 59.2 Å². The lowest BCUT2D eigenvalue weighted by Gasteiger charge is -2.33. The minimum absolute atomic E-state index is 0.683. The molecule has 0 bridgehead atoms. The van der Waals surface area contributed by atoms with E-state index >= 15 is 0 Å². The van der Waals surface area contributed by atoms with Gasteiger partial charge in [0.05, 0.1) is 10.7 Å². The summed E-state index contributed by atoms with van der Waals surface area (Å²) in [5.41, 5.74) is 6.78. The van der Waals surface area contributed by atoms with E-state index in [1.165, 1.54) is 36.6 Å². The number of nitrogens with zero attached hydrogens (tertiary/aromatic N) is 2. The number of hydrogen-bond acceptors (Lipinski definition) is 4. The van der Waals surface area contributed by atoms with Crippen LogP contribution < -0.4 is 5.73 Å². The summed E-state index contributed by atoms with van der Waals surface area (Å²) in [6, 6.07) is 0.683. The van der Waals surface area contributed by atoms with E-state index < -0.39 is 0 Å². The van der Waals surface area contributed by atoms with Gasteiger partial charge in [-0.3, -0.25) is 0 Å². The number of rotatable bonds is 5. The number of hydrogen-bond donors (Lipinski definition) is 1. The fourth-order valence-corrected chi connectivity index (χ4v) is 3.60. The van der Waals surface area contributed by atoms with Crippen molar-refractivity contribution < 1.29 is 0 Å². The summed E-state index contributed by atoms with van der Waals surface area (Å²) in [5.74, 6) is 0.691. The molecule has 2 heterocycles. The highest BCUT2D eigenvalue weighted by Crippen LogP contribution is 2.31. The lowest BCUT2D eigenvalue weighted by Crippen LogP contribution is -2.37. The van der Waals surface area contributed by atoms with Gasteiger partial charge in [-0.25, -0.2) is 4.98 Å². The number of aromatic nitrogens is 1. The highest BCUT2D eigenvalue weighted by molar-refractivity contribution is 7.09. The maximum Gasteiger partial charge on any atom is 0.0960 e. The number of thiazole rings is 1. The normalized spacial score (nSPS) is 18.7. The van der Waals surface area contributed by atoms with Crippen molar-refractivity contribution in [3.63, 3.8) is 0 Å². The predicted molar refractivity (Wildman–Crippen MR) is 78.2 cm³/mol. The first-order valence-electron chi connectivity index (χ1n) is 7.09. The molecule has 2 rings (SSSR count). The lowest BCUT2D eigenvalue weighted by atomic mass is 9.97. The van der Waals surface area contributed by atoms with E-state index in [0.717, 1.165) is 19.4 Å². The van der Waals surface area contributed by atoms with Crippen molar-refractivity contribution in [2.24, 2.45) is 5.73 Å². The van der Waals surface area contributed by atoms with Crippen LogP contribution in [0.25, 0.3) is 0 Å². The molecular formula is C14H25N3S. The third-order valence-electron chi connectivity index (χ3n) is 3.82. The molecule has 0 radical (unpaired) electrons. The van der Waals surface area contributed by atoms with E-state index in [0.29, 0.717) is 12.0 Å². The molecule has 0 saturated carbocycles. The quantitative estimate of drug-likeness (QED) is 0.891. The van der Waals surface area contributed by atoms with Gasteiger partial charge in [0.15, 0.2) is 0 Å².